The van der Waals surface area contributed by atoms with Crippen molar-refractivity contribution in [1.29, 1.82) is 0 Å². The SMILES string of the molecule is COc1cc(F)c(F)c2c1nc(OC)n2CCNC(=O)OC(C)(C)C. The first kappa shape index (κ1) is 18.8. The number of methoxy groups -OCH3 is 2. The molecule has 0 unspecified atom stereocenters. The highest BCUT2D eigenvalue weighted by molar-refractivity contribution is 5.84. The Bertz CT molecular complexity index is 784. The number of halogens is 2. The maximum Gasteiger partial charge on any atom is 0.407 e. The van der Waals surface area contributed by atoms with Crippen LogP contribution in [0.5, 0.6) is 11.8 Å². The Morgan fingerprint density at radius 3 is 2.52 bits per heavy atom. The molecule has 1 heterocycles. The molecule has 0 radical (unpaired) electrons. The van der Waals surface area contributed by atoms with Crippen LogP contribution in [0.1, 0.15) is 20.8 Å². The summed E-state index contributed by atoms with van der Waals surface area (Å²) in [7, 11) is 2.70. The summed E-state index contributed by atoms with van der Waals surface area (Å²) >= 11 is 0. The first-order chi connectivity index (χ1) is 11.7. The number of imidazole rings is 1. The fraction of sp³-hybridized carbons (Fsp3) is 0.500. The molecule has 25 heavy (non-hydrogen) atoms. The molecule has 1 N–H and O–H groups in total. The van der Waals surface area contributed by atoms with Crippen LogP contribution in [-0.2, 0) is 11.3 Å². The molecule has 138 valence electrons. The zero-order valence-electron chi connectivity index (χ0n) is 14.8. The topological polar surface area (TPSA) is 74.6 Å². The zero-order chi connectivity index (χ0) is 18.8. The number of fused-ring (bicyclic) bond motifs is 1. The molecule has 0 spiro atoms. The highest BCUT2D eigenvalue weighted by Gasteiger charge is 2.22. The predicted molar refractivity (Wildman–Crippen MR) is 87.0 cm³/mol. The maximum atomic E-state index is 14.3. The van der Waals surface area contributed by atoms with E-state index in [0.29, 0.717) is 0 Å². The number of rotatable bonds is 5. The molecule has 1 aromatic carbocycles. The van der Waals surface area contributed by atoms with Gasteiger partial charge in [-0.25, -0.2) is 13.6 Å². The van der Waals surface area contributed by atoms with Gasteiger partial charge in [-0.05, 0) is 20.8 Å². The number of hydrogen-bond acceptors (Lipinski definition) is 5. The Morgan fingerprint density at radius 1 is 1.28 bits per heavy atom. The van der Waals surface area contributed by atoms with E-state index in [1.165, 1.54) is 18.8 Å². The lowest BCUT2D eigenvalue weighted by atomic mass is 10.2. The summed E-state index contributed by atoms with van der Waals surface area (Å²) in [6.45, 7) is 5.42. The van der Waals surface area contributed by atoms with Crippen molar-refractivity contribution >= 4 is 17.1 Å². The van der Waals surface area contributed by atoms with Crippen molar-refractivity contribution in [3.05, 3.63) is 17.7 Å². The van der Waals surface area contributed by atoms with E-state index in [0.717, 1.165) is 6.07 Å². The summed E-state index contributed by atoms with van der Waals surface area (Å²) in [5.74, 6) is -2.04. The minimum atomic E-state index is -1.07. The molecule has 0 bridgehead atoms. The Morgan fingerprint density at radius 2 is 1.96 bits per heavy atom. The van der Waals surface area contributed by atoms with E-state index >= 15 is 0 Å². The Kier molecular flexibility index (Phi) is 5.34. The van der Waals surface area contributed by atoms with E-state index < -0.39 is 23.3 Å². The van der Waals surface area contributed by atoms with Crippen LogP contribution in [0.25, 0.3) is 11.0 Å². The molecular formula is C16H21F2N3O4. The molecule has 1 aromatic heterocycles. The quantitative estimate of drug-likeness (QED) is 0.891. The van der Waals surface area contributed by atoms with E-state index in [-0.39, 0.29) is 35.9 Å². The molecule has 9 heteroatoms. The van der Waals surface area contributed by atoms with Gasteiger partial charge in [0.1, 0.15) is 22.4 Å². The van der Waals surface area contributed by atoms with Gasteiger partial charge in [0.05, 0.1) is 14.2 Å². The first-order valence-corrected chi connectivity index (χ1v) is 7.61. The number of nitrogens with zero attached hydrogens (tertiary/aromatic N) is 2. The standard InChI is InChI=1S/C16H21F2N3O4/c1-16(2,3)25-15(22)19-6-7-21-13-11(18)9(17)8-10(23-4)12(13)20-14(21)24-5/h8H,6-7H2,1-5H3,(H,19,22). The molecule has 0 atom stereocenters. The first-order valence-electron chi connectivity index (χ1n) is 7.61. The largest absolute Gasteiger partial charge is 0.494 e. The van der Waals surface area contributed by atoms with Crippen LogP contribution >= 0.6 is 0 Å². The lowest BCUT2D eigenvalue weighted by Gasteiger charge is -2.19. The Balaban J connectivity index is 2.28. The number of hydrogen-bond donors (Lipinski definition) is 1. The molecule has 0 fully saturated rings. The van der Waals surface area contributed by atoms with Gasteiger partial charge < -0.3 is 19.5 Å². The average Bonchev–Trinajstić information content (AvgIpc) is 2.88. The Labute approximate surface area is 143 Å². The van der Waals surface area contributed by atoms with Crippen LogP contribution in [0.4, 0.5) is 13.6 Å². The molecule has 1 amide bonds. The molecule has 0 saturated carbocycles. The summed E-state index contributed by atoms with van der Waals surface area (Å²) < 4.78 is 44.7. The van der Waals surface area contributed by atoms with Gasteiger partial charge in [-0.15, -0.1) is 0 Å². The number of nitrogens with one attached hydrogen (secondary N) is 1. The van der Waals surface area contributed by atoms with Crippen LogP contribution < -0.4 is 14.8 Å². The second-order valence-corrected chi connectivity index (χ2v) is 6.25. The summed E-state index contributed by atoms with van der Waals surface area (Å²) in [4.78, 5) is 15.8. The third kappa shape index (κ3) is 4.09. The molecular weight excluding hydrogens is 336 g/mol. The van der Waals surface area contributed by atoms with Crippen molar-refractivity contribution < 1.29 is 27.8 Å². The fourth-order valence-corrected chi connectivity index (χ4v) is 2.29. The second-order valence-electron chi connectivity index (χ2n) is 6.25. The normalized spacial score (nSPS) is 11.5. The van der Waals surface area contributed by atoms with Gasteiger partial charge in [0.25, 0.3) is 6.01 Å². The summed E-state index contributed by atoms with van der Waals surface area (Å²) in [5.41, 5.74) is -0.596. The van der Waals surface area contributed by atoms with Crippen molar-refractivity contribution in [2.45, 2.75) is 32.9 Å². The van der Waals surface area contributed by atoms with E-state index in [4.69, 9.17) is 14.2 Å². The van der Waals surface area contributed by atoms with Crippen LogP contribution in [0.2, 0.25) is 0 Å². The van der Waals surface area contributed by atoms with Gasteiger partial charge in [-0.2, -0.15) is 4.98 Å². The highest BCUT2D eigenvalue weighted by Crippen LogP contribution is 2.32. The van der Waals surface area contributed by atoms with Crippen LogP contribution in [0.15, 0.2) is 6.07 Å². The van der Waals surface area contributed by atoms with E-state index in [1.807, 2.05) is 0 Å². The number of carbonyl (C=O) groups excluding carboxylic acids is 1. The van der Waals surface area contributed by atoms with E-state index in [9.17, 15) is 13.6 Å². The number of alkyl carbamates (subject to hydrolysis) is 1. The number of carbonyl (C=O) groups is 1. The van der Waals surface area contributed by atoms with Gasteiger partial charge >= 0.3 is 6.09 Å². The van der Waals surface area contributed by atoms with Crippen LogP contribution in [0, 0.1) is 11.6 Å². The van der Waals surface area contributed by atoms with Gasteiger partial charge in [-0.1, -0.05) is 0 Å². The second kappa shape index (κ2) is 7.12. The van der Waals surface area contributed by atoms with E-state index in [2.05, 4.69) is 10.3 Å². The van der Waals surface area contributed by atoms with Gasteiger partial charge in [0, 0.05) is 19.2 Å². The van der Waals surface area contributed by atoms with Crippen LogP contribution in [-0.4, -0.2) is 42.0 Å². The number of aromatic nitrogens is 2. The Hall–Kier alpha value is -2.58. The summed E-state index contributed by atoms with van der Waals surface area (Å²) in [5, 5.41) is 2.54. The third-order valence-electron chi connectivity index (χ3n) is 3.25. The van der Waals surface area contributed by atoms with Crippen molar-refractivity contribution in [2.24, 2.45) is 0 Å². The molecule has 2 aromatic rings. The molecule has 0 aliphatic carbocycles. The van der Waals surface area contributed by atoms with Gasteiger partial charge in [0.15, 0.2) is 11.6 Å². The van der Waals surface area contributed by atoms with Gasteiger partial charge in [-0.3, -0.25) is 4.57 Å². The smallest absolute Gasteiger partial charge is 0.407 e. The monoisotopic (exact) mass is 357 g/mol. The lowest BCUT2D eigenvalue weighted by Crippen LogP contribution is -2.34. The summed E-state index contributed by atoms with van der Waals surface area (Å²) in [6.07, 6.45) is -0.611. The number of benzene rings is 1. The van der Waals surface area contributed by atoms with Crippen molar-refractivity contribution in [2.75, 3.05) is 20.8 Å². The van der Waals surface area contributed by atoms with Gasteiger partial charge in [0.2, 0.25) is 0 Å². The predicted octanol–water partition coefficient (Wildman–Crippen LogP) is 2.86. The summed E-state index contributed by atoms with van der Waals surface area (Å²) in [6, 6.07) is 0.997. The van der Waals surface area contributed by atoms with Crippen LogP contribution in [0.3, 0.4) is 0 Å². The minimum absolute atomic E-state index is 0.0730. The molecule has 0 aliphatic heterocycles. The average molecular weight is 357 g/mol. The molecule has 7 nitrogen and oxygen atoms in total. The number of amides is 1. The van der Waals surface area contributed by atoms with E-state index in [1.54, 1.807) is 20.8 Å². The van der Waals surface area contributed by atoms with Crippen molar-refractivity contribution in [3.8, 4) is 11.8 Å². The zero-order valence-corrected chi connectivity index (χ0v) is 14.8. The third-order valence-corrected chi connectivity index (χ3v) is 3.25. The van der Waals surface area contributed by atoms with Crippen molar-refractivity contribution in [1.82, 2.24) is 14.9 Å². The molecule has 0 saturated heterocycles. The lowest BCUT2D eigenvalue weighted by molar-refractivity contribution is 0.0526. The minimum Gasteiger partial charge on any atom is -0.494 e. The highest BCUT2D eigenvalue weighted by atomic mass is 19.2. The maximum absolute atomic E-state index is 14.3. The molecule has 2 rings (SSSR count). The van der Waals surface area contributed by atoms with Crippen molar-refractivity contribution in [3.63, 3.8) is 0 Å². The number of ether oxygens (including phenoxy) is 3. The fourth-order valence-electron chi connectivity index (χ4n) is 2.29. The molecule has 0 aliphatic rings.